The van der Waals surface area contributed by atoms with Crippen molar-refractivity contribution in [2.75, 3.05) is 13.1 Å². The molecule has 0 aromatic heterocycles. The summed E-state index contributed by atoms with van der Waals surface area (Å²) in [5, 5.41) is 33.8. The van der Waals surface area contributed by atoms with Gasteiger partial charge < -0.3 is 25.3 Å². The largest absolute Gasteiger partial charge is 0.481 e. The van der Waals surface area contributed by atoms with Gasteiger partial charge >= 0.3 is 17.9 Å². The predicted molar refractivity (Wildman–Crippen MR) is 108 cm³/mol. The highest BCUT2D eigenvalue weighted by molar-refractivity contribution is 5.88. The molecule has 0 aromatic rings. The van der Waals surface area contributed by atoms with Crippen molar-refractivity contribution < 1.29 is 34.8 Å². The minimum atomic E-state index is -2.74. The number of carboxylic acid groups (broad SMARTS) is 3. The average Bonchev–Trinajstić information content (AvgIpc) is 2.54. The van der Waals surface area contributed by atoms with Gasteiger partial charge in [-0.1, -0.05) is 51.4 Å². The lowest BCUT2D eigenvalue weighted by Crippen LogP contribution is -2.42. The van der Waals surface area contributed by atoms with Crippen LogP contribution in [0.1, 0.15) is 89.9 Å². The Balaban J connectivity index is 0.000000298. The maximum absolute atomic E-state index is 10.3. The first-order valence-corrected chi connectivity index (χ1v) is 10.9. The fourth-order valence-corrected chi connectivity index (χ4v) is 4.15. The molecule has 8 heteroatoms. The van der Waals surface area contributed by atoms with E-state index < -0.39 is 36.4 Å². The normalized spacial score (nSPS) is 20.2. The second-order valence-corrected chi connectivity index (χ2v) is 8.28. The molecule has 29 heavy (non-hydrogen) atoms. The number of nitrogens with zero attached hydrogens (tertiary/aromatic N) is 1. The maximum Gasteiger partial charge on any atom is 0.336 e. The van der Waals surface area contributed by atoms with Crippen LogP contribution in [0.2, 0.25) is 0 Å². The van der Waals surface area contributed by atoms with Gasteiger partial charge in [-0.05, 0) is 38.8 Å². The summed E-state index contributed by atoms with van der Waals surface area (Å²) in [5.41, 5.74) is -2.74. The van der Waals surface area contributed by atoms with Crippen molar-refractivity contribution in [2.24, 2.45) is 0 Å². The van der Waals surface area contributed by atoms with Crippen LogP contribution in [0.4, 0.5) is 0 Å². The van der Waals surface area contributed by atoms with Crippen LogP contribution in [0, 0.1) is 0 Å². The topological polar surface area (TPSA) is 135 Å². The van der Waals surface area contributed by atoms with Crippen molar-refractivity contribution in [2.45, 2.75) is 102 Å². The molecule has 0 bridgehead atoms. The third-order valence-electron chi connectivity index (χ3n) is 5.77. The van der Waals surface area contributed by atoms with Gasteiger partial charge in [-0.25, -0.2) is 4.79 Å². The van der Waals surface area contributed by atoms with Gasteiger partial charge in [0, 0.05) is 6.04 Å². The van der Waals surface area contributed by atoms with Crippen molar-refractivity contribution in [3.8, 4) is 0 Å². The number of aliphatic carboxylic acids is 3. The molecule has 8 nitrogen and oxygen atoms in total. The molecule has 1 saturated heterocycles. The third kappa shape index (κ3) is 10.6. The monoisotopic (exact) mass is 415 g/mol. The summed E-state index contributed by atoms with van der Waals surface area (Å²) in [6.45, 7) is 2.79. The summed E-state index contributed by atoms with van der Waals surface area (Å²) < 4.78 is 0. The standard InChI is InChI=1S/C15H29N.C6H8O7/c1-3-7-11-15(12-8-4-1)16-13-9-5-2-6-10-14-16;7-3(8)1-6(13,5(11)12)2-4(9)10/h15H,1-14H2;13H,1-2H2,(H,7,8)(H,9,10)(H,11,12). The smallest absolute Gasteiger partial charge is 0.336 e. The number of hydrogen-bond acceptors (Lipinski definition) is 5. The Morgan fingerprint density at radius 1 is 0.690 bits per heavy atom. The number of carboxylic acids is 3. The third-order valence-corrected chi connectivity index (χ3v) is 5.77. The van der Waals surface area contributed by atoms with E-state index in [1.165, 1.54) is 90.1 Å². The van der Waals surface area contributed by atoms with E-state index in [0.717, 1.165) is 6.04 Å². The highest BCUT2D eigenvalue weighted by atomic mass is 16.4. The lowest BCUT2D eigenvalue weighted by atomic mass is 9.94. The molecule has 0 radical (unpaired) electrons. The molecule has 2 aliphatic rings. The summed E-state index contributed by atoms with van der Waals surface area (Å²) in [6, 6.07) is 0.943. The highest BCUT2D eigenvalue weighted by Gasteiger charge is 2.40. The molecule has 1 aliphatic carbocycles. The van der Waals surface area contributed by atoms with Crippen molar-refractivity contribution in [1.29, 1.82) is 0 Å². The average molecular weight is 416 g/mol. The van der Waals surface area contributed by atoms with Crippen molar-refractivity contribution in [1.82, 2.24) is 4.90 Å². The molecule has 2 rings (SSSR count). The zero-order valence-corrected chi connectivity index (χ0v) is 17.4. The molecule has 1 aliphatic heterocycles. The zero-order chi connectivity index (χ0) is 21.7. The van der Waals surface area contributed by atoms with Gasteiger partial charge in [0.1, 0.15) is 0 Å². The van der Waals surface area contributed by atoms with E-state index in [0.29, 0.717) is 0 Å². The summed E-state index contributed by atoms with van der Waals surface area (Å²) >= 11 is 0. The quantitative estimate of drug-likeness (QED) is 0.520. The molecular formula is C21H37NO7. The molecule has 0 spiro atoms. The lowest BCUT2D eigenvalue weighted by Gasteiger charge is -2.34. The molecule has 0 atom stereocenters. The summed E-state index contributed by atoms with van der Waals surface area (Å²) in [7, 11) is 0. The molecule has 0 aromatic carbocycles. The van der Waals surface area contributed by atoms with E-state index in [2.05, 4.69) is 4.90 Å². The van der Waals surface area contributed by atoms with E-state index in [1.54, 1.807) is 0 Å². The number of carbonyl (C=O) groups is 3. The number of likely N-dealkylation sites (tertiary alicyclic amines) is 1. The van der Waals surface area contributed by atoms with Crippen LogP contribution in [-0.2, 0) is 14.4 Å². The van der Waals surface area contributed by atoms with Crippen LogP contribution in [0.3, 0.4) is 0 Å². The van der Waals surface area contributed by atoms with Crippen LogP contribution in [-0.4, -0.2) is 68.0 Å². The van der Waals surface area contributed by atoms with Crippen molar-refractivity contribution in [3.63, 3.8) is 0 Å². The Morgan fingerprint density at radius 3 is 1.45 bits per heavy atom. The predicted octanol–water partition coefficient (Wildman–Crippen LogP) is 3.12. The molecular weight excluding hydrogens is 378 g/mol. The van der Waals surface area contributed by atoms with Crippen LogP contribution in [0.15, 0.2) is 0 Å². The van der Waals surface area contributed by atoms with Crippen molar-refractivity contribution >= 4 is 17.9 Å². The maximum atomic E-state index is 10.3. The summed E-state index contributed by atoms with van der Waals surface area (Å²) in [4.78, 5) is 33.3. The SMILES string of the molecule is C1CCCC(N2CCCCCCC2)CCC1.O=C(O)CC(O)(CC(=O)O)C(=O)O. The fourth-order valence-electron chi connectivity index (χ4n) is 4.15. The minimum absolute atomic E-state index is 0.943. The second kappa shape index (κ2) is 13.5. The Kier molecular flexibility index (Phi) is 11.8. The zero-order valence-electron chi connectivity index (χ0n) is 17.4. The highest BCUT2D eigenvalue weighted by Crippen LogP contribution is 2.23. The van der Waals surface area contributed by atoms with Crippen LogP contribution < -0.4 is 0 Å². The Labute approximate surface area is 172 Å². The first-order valence-electron chi connectivity index (χ1n) is 10.9. The second-order valence-electron chi connectivity index (χ2n) is 8.28. The Morgan fingerprint density at radius 2 is 1.07 bits per heavy atom. The van der Waals surface area contributed by atoms with Gasteiger partial charge in [0.05, 0.1) is 12.8 Å². The van der Waals surface area contributed by atoms with Gasteiger partial charge in [0.15, 0.2) is 5.60 Å². The molecule has 1 saturated carbocycles. The number of rotatable bonds is 6. The lowest BCUT2D eigenvalue weighted by molar-refractivity contribution is -0.170. The van der Waals surface area contributed by atoms with E-state index in [9.17, 15) is 14.4 Å². The number of hydrogen-bond donors (Lipinski definition) is 4. The molecule has 4 N–H and O–H groups in total. The van der Waals surface area contributed by atoms with Crippen LogP contribution in [0.25, 0.3) is 0 Å². The Bertz CT molecular complexity index is 471. The molecule has 168 valence electrons. The summed E-state index contributed by atoms with van der Waals surface area (Å²) in [6.07, 6.45) is 15.5. The van der Waals surface area contributed by atoms with Crippen LogP contribution in [0.5, 0.6) is 0 Å². The first kappa shape index (κ1) is 25.4. The molecule has 2 fully saturated rings. The van der Waals surface area contributed by atoms with Gasteiger partial charge in [-0.15, -0.1) is 0 Å². The fraction of sp³-hybridized carbons (Fsp3) is 0.857. The molecule has 0 unspecified atom stereocenters. The van der Waals surface area contributed by atoms with E-state index >= 15 is 0 Å². The molecule has 0 amide bonds. The molecule has 1 heterocycles. The van der Waals surface area contributed by atoms with E-state index in [1.807, 2.05) is 0 Å². The van der Waals surface area contributed by atoms with Gasteiger partial charge in [-0.3, -0.25) is 9.59 Å². The van der Waals surface area contributed by atoms with Gasteiger partial charge in [-0.2, -0.15) is 0 Å². The van der Waals surface area contributed by atoms with E-state index in [-0.39, 0.29) is 0 Å². The summed E-state index contributed by atoms with van der Waals surface area (Å²) in [5.74, 6) is -5.02. The van der Waals surface area contributed by atoms with Gasteiger partial charge in [0.25, 0.3) is 0 Å². The minimum Gasteiger partial charge on any atom is -0.481 e. The first-order chi connectivity index (χ1) is 13.7. The van der Waals surface area contributed by atoms with Crippen LogP contribution >= 0.6 is 0 Å². The van der Waals surface area contributed by atoms with E-state index in [4.69, 9.17) is 20.4 Å². The number of aliphatic hydroxyl groups is 1. The van der Waals surface area contributed by atoms with Gasteiger partial charge in [0.2, 0.25) is 0 Å². The van der Waals surface area contributed by atoms with Crippen molar-refractivity contribution in [3.05, 3.63) is 0 Å². The Hall–Kier alpha value is -1.67.